The van der Waals surface area contributed by atoms with Crippen LogP contribution >= 0.6 is 0 Å². The number of carbonyl (C=O) groups is 2. The number of fused-ring (bicyclic) bond motifs is 2. The second kappa shape index (κ2) is 18.5. The lowest BCUT2D eigenvalue weighted by atomic mass is 9.88. The molecule has 0 spiro atoms. The summed E-state index contributed by atoms with van der Waals surface area (Å²) in [7, 11) is 6.80. The number of nitrogens with zero attached hydrogens (tertiary/aromatic N) is 8. The van der Waals surface area contributed by atoms with Crippen LogP contribution < -0.4 is 43.0 Å². The Morgan fingerprint density at radius 2 is 1.06 bits per heavy atom. The van der Waals surface area contributed by atoms with E-state index in [9.17, 15) is 29.4 Å². The number of aliphatic hydroxyl groups is 2. The smallest absolute Gasteiger partial charge is 0.274 e. The number of aliphatic hydroxyl groups excluding tert-OH is 2. The highest BCUT2D eigenvalue weighted by Crippen LogP contribution is 2.35. The normalized spacial score (nSPS) is 24.1. The van der Waals surface area contributed by atoms with Crippen molar-refractivity contribution in [1.29, 1.82) is 0 Å². The lowest BCUT2D eigenvalue weighted by molar-refractivity contribution is -0.0103. The van der Waals surface area contributed by atoms with E-state index in [-0.39, 0.29) is 70.4 Å². The van der Waals surface area contributed by atoms with Crippen molar-refractivity contribution >= 4 is 57.8 Å². The third-order valence-electron chi connectivity index (χ3n) is 13.2. The molecule has 2 amide bonds. The molecule has 4 saturated carbocycles. The summed E-state index contributed by atoms with van der Waals surface area (Å²) in [6.07, 6.45) is 11.9. The minimum Gasteiger partial charge on any atom is -0.391 e. The summed E-state index contributed by atoms with van der Waals surface area (Å²) in [6, 6.07) is 9.97. The zero-order valence-electron chi connectivity index (χ0n) is 37.0. The van der Waals surface area contributed by atoms with Crippen molar-refractivity contribution in [3.63, 3.8) is 0 Å². The quantitative estimate of drug-likeness (QED) is 0.0781. The predicted octanol–water partition coefficient (Wildman–Crippen LogP) is 2.56. The molecule has 0 bridgehead atoms. The maximum Gasteiger partial charge on any atom is 0.274 e. The minimum atomic E-state index is -0.525. The molecule has 4 aliphatic carbocycles. The predicted molar refractivity (Wildman–Crippen MR) is 244 cm³/mol. The summed E-state index contributed by atoms with van der Waals surface area (Å²) in [5.41, 5.74) is 1.68. The molecule has 22 heteroatoms. The molecule has 0 unspecified atom stereocenters. The lowest BCUT2D eigenvalue weighted by Gasteiger charge is -2.36. The van der Waals surface area contributed by atoms with E-state index >= 15 is 0 Å². The number of pyridine rings is 2. The maximum atomic E-state index is 13.1. The van der Waals surface area contributed by atoms with E-state index in [0.717, 1.165) is 38.5 Å². The SMILES string of the molecule is CNc1cc(Nc2cccn([C@@H]3CC[C@H]3OC)c2=O)nc2c(C(=O)N[C@@H]3CC[C@H]3O)cnn12.CNc1cc(Nc2cccn([C@@H]3CC[C@H]3OC)c2=O)nc2c(C(=O)N[C@H]3CC[C@@H]3O)cnn12. The van der Waals surface area contributed by atoms with Crippen LogP contribution in [0.15, 0.2) is 70.8 Å². The molecule has 66 heavy (non-hydrogen) atoms. The number of methoxy groups -OCH3 is 2. The summed E-state index contributed by atoms with van der Waals surface area (Å²) in [5.74, 6) is 1.30. The van der Waals surface area contributed by atoms with Crippen LogP contribution in [0.2, 0.25) is 0 Å². The van der Waals surface area contributed by atoms with E-state index in [2.05, 4.69) is 52.1 Å². The van der Waals surface area contributed by atoms with Gasteiger partial charge in [-0.25, -0.2) is 9.97 Å². The molecule has 0 aromatic carbocycles. The molecular weight excluding hydrogens is 853 g/mol. The third kappa shape index (κ3) is 8.31. The van der Waals surface area contributed by atoms with Gasteiger partial charge in [0.25, 0.3) is 22.9 Å². The fourth-order valence-corrected chi connectivity index (χ4v) is 8.62. The Morgan fingerprint density at radius 1 is 0.636 bits per heavy atom. The molecular formula is C44H54N14O8. The van der Waals surface area contributed by atoms with Gasteiger partial charge in [0.2, 0.25) is 0 Å². The van der Waals surface area contributed by atoms with Gasteiger partial charge in [0, 0.05) is 52.8 Å². The Kier molecular flexibility index (Phi) is 12.5. The Labute approximate surface area is 377 Å². The van der Waals surface area contributed by atoms with Crippen LogP contribution in [-0.2, 0) is 9.47 Å². The summed E-state index contributed by atoms with van der Waals surface area (Å²) >= 11 is 0. The van der Waals surface area contributed by atoms with Crippen molar-refractivity contribution in [1.82, 2.24) is 49.0 Å². The number of rotatable bonds is 14. The second-order valence-corrected chi connectivity index (χ2v) is 16.9. The Morgan fingerprint density at radius 3 is 1.38 bits per heavy atom. The summed E-state index contributed by atoms with van der Waals surface area (Å²) in [4.78, 5) is 60.9. The van der Waals surface area contributed by atoms with Crippen molar-refractivity contribution < 1.29 is 29.3 Å². The van der Waals surface area contributed by atoms with Crippen LogP contribution in [0.3, 0.4) is 0 Å². The van der Waals surface area contributed by atoms with E-state index in [1.54, 1.807) is 74.1 Å². The highest BCUT2D eigenvalue weighted by Gasteiger charge is 2.35. The van der Waals surface area contributed by atoms with Crippen molar-refractivity contribution in [2.24, 2.45) is 0 Å². The van der Waals surface area contributed by atoms with Gasteiger partial charge >= 0.3 is 0 Å². The molecule has 4 aliphatic rings. The fourth-order valence-electron chi connectivity index (χ4n) is 8.62. The average Bonchev–Trinajstić information content (AvgIpc) is 3.93. The summed E-state index contributed by atoms with van der Waals surface area (Å²) in [5, 5.41) is 46.1. The number of hydrogen-bond donors (Lipinski definition) is 8. The van der Waals surface area contributed by atoms with Gasteiger partial charge in [-0.3, -0.25) is 19.2 Å². The summed E-state index contributed by atoms with van der Waals surface area (Å²) in [6.45, 7) is 0. The van der Waals surface area contributed by atoms with E-state index in [1.807, 2.05) is 12.1 Å². The third-order valence-corrected chi connectivity index (χ3v) is 13.2. The van der Waals surface area contributed by atoms with Crippen LogP contribution in [0.25, 0.3) is 11.3 Å². The van der Waals surface area contributed by atoms with Crippen LogP contribution in [-0.4, -0.2) is 125 Å². The van der Waals surface area contributed by atoms with Gasteiger partial charge in [-0.2, -0.15) is 19.2 Å². The molecule has 0 aliphatic heterocycles. The number of anilines is 6. The molecule has 6 heterocycles. The van der Waals surface area contributed by atoms with Gasteiger partial charge in [-0.05, 0) is 75.6 Å². The van der Waals surface area contributed by atoms with Gasteiger partial charge in [-0.1, -0.05) is 0 Å². The first kappa shape index (κ1) is 44.3. The highest BCUT2D eigenvalue weighted by atomic mass is 16.5. The first-order valence-electron chi connectivity index (χ1n) is 22.1. The number of aromatic nitrogens is 8. The fraction of sp³-hybridized carbons (Fsp3) is 0.455. The number of hydrogen-bond acceptors (Lipinski definition) is 16. The van der Waals surface area contributed by atoms with Crippen molar-refractivity contribution in [3.05, 3.63) is 93.0 Å². The largest absolute Gasteiger partial charge is 0.391 e. The first-order chi connectivity index (χ1) is 32.0. The topological polar surface area (TPSA) is 270 Å². The lowest BCUT2D eigenvalue weighted by Crippen LogP contribution is -2.50. The first-order valence-corrected chi connectivity index (χ1v) is 22.1. The van der Waals surface area contributed by atoms with E-state index in [1.165, 1.54) is 21.4 Å². The minimum absolute atomic E-state index is 0.0135. The van der Waals surface area contributed by atoms with Gasteiger partial charge in [-0.15, -0.1) is 0 Å². The van der Waals surface area contributed by atoms with E-state index in [4.69, 9.17) is 9.47 Å². The molecule has 6 aromatic heterocycles. The monoisotopic (exact) mass is 906 g/mol. The molecule has 8 N–H and O–H groups in total. The number of carbonyl (C=O) groups excluding carboxylic acids is 2. The second-order valence-electron chi connectivity index (χ2n) is 16.9. The van der Waals surface area contributed by atoms with Crippen LogP contribution in [0, 0.1) is 0 Å². The zero-order chi connectivity index (χ0) is 46.2. The Hall–Kier alpha value is -6.88. The van der Waals surface area contributed by atoms with Crippen LogP contribution in [0.1, 0.15) is 84.2 Å². The Bertz CT molecular complexity index is 2700. The number of nitrogens with one attached hydrogen (secondary N) is 6. The molecule has 0 radical (unpaired) electrons. The molecule has 10 rings (SSSR count). The maximum absolute atomic E-state index is 13.1. The number of amides is 2. The van der Waals surface area contributed by atoms with Crippen molar-refractivity contribution in [2.45, 2.75) is 99.9 Å². The molecule has 22 nitrogen and oxygen atoms in total. The number of ether oxygens (including phenoxy) is 2. The van der Waals surface area contributed by atoms with E-state index < -0.39 is 12.2 Å². The molecule has 6 aromatic rings. The van der Waals surface area contributed by atoms with Crippen molar-refractivity contribution in [3.8, 4) is 0 Å². The van der Waals surface area contributed by atoms with Gasteiger partial charge < -0.3 is 60.7 Å². The molecule has 4 fully saturated rings. The van der Waals surface area contributed by atoms with Crippen LogP contribution in [0.5, 0.6) is 0 Å². The van der Waals surface area contributed by atoms with Gasteiger partial charge in [0.1, 0.15) is 45.8 Å². The zero-order valence-corrected chi connectivity index (χ0v) is 37.0. The van der Waals surface area contributed by atoms with Gasteiger partial charge in [0.15, 0.2) is 11.3 Å². The summed E-state index contributed by atoms with van der Waals surface area (Å²) < 4.78 is 17.3. The van der Waals surface area contributed by atoms with E-state index in [0.29, 0.717) is 58.8 Å². The van der Waals surface area contributed by atoms with Crippen molar-refractivity contribution in [2.75, 3.05) is 49.6 Å². The van der Waals surface area contributed by atoms with Crippen LogP contribution in [0.4, 0.5) is 34.6 Å². The highest BCUT2D eigenvalue weighted by molar-refractivity contribution is 6.01. The van der Waals surface area contributed by atoms with Gasteiger partial charge in [0.05, 0.1) is 61.0 Å². The average molecular weight is 907 g/mol. The molecule has 0 saturated heterocycles. The standard InChI is InChI=1S/2C22H27N7O4/c2*1-23-19-10-18(25-14-4-3-9-28(22(14)32)15-6-8-17(15)33-2)27-20-12(11-24-29(19)20)21(31)26-13-5-7-16(13)30/h2*3-4,9-11,13,15-17,23,30H,5-8H2,1-2H3,(H,25,27)(H,26,31)/t13-,15+,16-,17+;13-,15-,16-,17-/m01/s1. The Balaban J connectivity index is 0.000000166. The molecule has 348 valence electrons. The molecule has 8 atom stereocenters.